The Morgan fingerprint density at radius 3 is 2.76 bits per heavy atom. The lowest BCUT2D eigenvalue weighted by Gasteiger charge is -2.13. The van der Waals surface area contributed by atoms with Gasteiger partial charge in [0.2, 0.25) is 5.89 Å². The molecule has 25 heavy (non-hydrogen) atoms. The molecule has 7 nitrogen and oxygen atoms in total. The summed E-state index contributed by atoms with van der Waals surface area (Å²) < 4.78 is 32.3. The van der Waals surface area contributed by atoms with Crippen LogP contribution in [0.4, 0.5) is 14.5 Å². The zero-order chi connectivity index (χ0) is 17.7. The normalized spacial score (nSPS) is 13.8. The molecule has 0 spiro atoms. The fraction of sp³-hybridized carbons (Fsp3) is 0.200. The Balaban J connectivity index is 1.69. The molecule has 1 aliphatic rings. The standard InChI is InChI=1S/C15H10BrF2N5O2/c1-22-6-10(11(16)21-22)23-5-8-3-2-7(4-9(8)15(23)24)13-19-20-14(25-13)12(17)18/h2-4,6,12H,5H2,1H3. The van der Waals surface area contributed by atoms with Gasteiger partial charge in [-0.05, 0) is 33.6 Å². The number of fused-ring (bicyclic) bond motifs is 1. The monoisotopic (exact) mass is 409 g/mol. The topological polar surface area (TPSA) is 77.0 Å². The van der Waals surface area contributed by atoms with Crippen LogP contribution < -0.4 is 4.90 Å². The van der Waals surface area contributed by atoms with Gasteiger partial charge in [0.15, 0.2) is 4.60 Å². The summed E-state index contributed by atoms with van der Waals surface area (Å²) in [6.45, 7) is 0.394. The molecule has 1 aliphatic heterocycles. The quantitative estimate of drug-likeness (QED) is 0.662. The van der Waals surface area contributed by atoms with E-state index in [-0.39, 0.29) is 11.8 Å². The molecule has 10 heteroatoms. The van der Waals surface area contributed by atoms with Crippen molar-refractivity contribution in [3.63, 3.8) is 0 Å². The van der Waals surface area contributed by atoms with Crippen molar-refractivity contribution in [2.45, 2.75) is 13.0 Å². The van der Waals surface area contributed by atoms with Gasteiger partial charge in [-0.2, -0.15) is 13.9 Å². The van der Waals surface area contributed by atoms with Gasteiger partial charge in [0.25, 0.3) is 11.8 Å². The van der Waals surface area contributed by atoms with Crippen molar-refractivity contribution in [2.75, 3.05) is 4.90 Å². The van der Waals surface area contributed by atoms with Crippen LogP contribution >= 0.6 is 15.9 Å². The van der Waals surface area contributed by atoms with Crippen LogP contribution in [0.3, 0.4) is 0 Å². The summed E-state index contributed by atoms with van der Waals surface area (Å²) in [6.07, 6.45) is -1.10. The molecule has 0 unspecified atom stereocenters. The summed E-state index contributed by atoms with van der Waals surface area (Å²) >= 11 is 3.34. The first-order valence-corrected chi connectivity index (χ1v) is 7.99. The SMILES string of the molecule is Cn1cc(N2Cc3ccc(-c4nnc(C(F)F)o4)cc3C2=O)c(Br)n1. The summed E-state index contributed by atoms with van der Waals surface area (Å²) in [4.78, 5) is 14.3. The molecule has 1 amide bonds. The summed E-state index contributed by atoms with van der Waals surface area (Å²) in [6, 6.07) is 4.99. The van der Waals surface area contributed by atoms with Crippen LogP contribution in [0, 0.1) is 0 Å². The van der Waals surface area contributed by atoms with Gasteiger partial charge in [0.1, 0.15) is 0 Å². The maximum atomic E-state index is 12.7. The van der Waals surface area contributed by atoms with Gasteiger partial charge in [-0.1, -0.05) is 6.07 Å². The highest BCUT2D eigenvalue weighted by Crippen LogP contribution is 2.34. The van der Waals surface area contributed by atoms with E-state index < -0.39 is 12.3 Å². The van der Waals surface area contributed by atoms with E-state index in [9.17, 15) is 13.6 Å². The smallest absolute Gasteiger partial charge is 0.314 e. The molecule has 3 aromatic rings. The van der Waals surface area contributed by atoms with Crippen LogP contribution in [0.25, 0.3) is 11.5 Å². The van der Waals surface area contributed by atoms with Crippen LogP contribution in [0.5, 0.6) is 0 Å². The van der Waals surface area contributed by atoms with Gasteiger partial charge in [0.05, 0.1) is 12.2 Å². The maximum absolute atomic E-state index is 12.7. The lowest BCUT2D eigenvalue weighted by molar-refractivity contribution is 0.0996. The second kappa shape index (κ2) is 5.73. The van der Waals surface area contributed by atoms with E-state index in [1.54, 1.807) is 41.0 Å². The molecule has 0 bridgehead atoms. The predicted molar refractivity (Wildman–Crippen MR) is 86.1 cm³/mol. The molecule has 3 heterocycles. The molecule has 0 saturated carbocycles. The van der Waals surface area contributed by atoms with E-state index >= 15 is 0 Å². The lowest BCUT2D eigenvalue weighted by Crippen LogP contribution is -2.22. The Bertz CT molecular complexity index is 984. The number of amides is 1. The summed E-state index contributed by atoms with van der Waals surface area (Å²) in [5.74, 6) is -1.01. The Morgan fingerprint density at radius 2 is 2.12 bits per heavy atom. The Kier molecular flexibility index (Phi) is 3.64. The van der Waals surface area contributed by atoms with Crippen LogP contribution in [0.15, 0.2) is 33.4 Å². The zero-order valence-electron chi connectivity index (χ0n) is 12.8. The van der Waals surface area contributed by atoms with E-state index in [1.165, 1.54) is 0 Å². The Labute approximate surface area is 148 Å². The average molecular weight is 410 g/mol. The highest BCUT2D eigenvalue weighted by Gasteiger charge is 2.31. The molecule has 0 saturated heterocycles. The minimum absolute atomic E-state index is 0.0492. The van der Waals surface area contributed by atoms with Crippen molar-refractivity contribution in [3.8, 4) is 11.5 Å². The lowest BCUT2D eigenvalue weighted by atomic mass is 10.1. The number of aromatic nitrogens is 4. The van der Waals surface area contributed by atoms with Crippen LogP contribution in [0.1, 0.15) is 28.2 Å². The van der Waals surface area contributed by atoms with Crippen LogP contribution in [-0.2, 0) is 13.6 Å². The minimum Gasteiger partial charge on any atom is -0.415 e. The van der Waals surface area contributed by atoms with Crippen LogP contribution in [0.2, 0.25) is 0 Å². The van der Waals surface area contributed by atoms with Gasteiger partial charge in [0, 0.05) is 24.4 Å². The van der Waals surface area contributed by atoms with Crippen molar-refractivity contribution in [1.29, 1.82) is 0 Å². The Morgan fingerprint density at radius 1 is 1.32 bits per heavy atom. The molecule has 128 valence electrons. The van der Waals surface area contributed by atoms with E-state index in [4.69, 9.17) is 4.42 Å². The number of halogens is 3. The molecule has 0 fully saturated rings. The van der Waals surface area contributed by atoms with E-state index in [1.807, 2.05) is 0 Å². The maximum Gasteiger partial charge on any atom is 0.314 e. The van der Waals surface area contributed by atoms with Gasteiger partial charge in [-0.3, -0.25) is 14.4 Å². The zero-order valence-corrected chi connectivity index (χ0v) is 14.4. The van der Waals surface area contributed by atoms with Crippen molar-refractivity contribution < 1.29 is 18.0 Å². The molecule has 2 aromatic heterocycles. The largest absolute Gasteiger partial charge is 0.415 e. The van der Waals surface area contributed by atoms with Crippen molar-refractivity contribution in [3.05, 3.63) is 46.0 Å². The Hall–Kier alpha value is -2.62. The third-order valence-corrected chi connectivity index (χ3v) is 4.41. The summed E-state index contributed by atoms with van der Waals surface area (Å²) in [5, 5.41) is 11.1. The predicted octanol–water partition coefficient (Wildman–Crippen LogP) is 3.33. The van der Waals surface area contributed by atoms with E-state index in [0.29, 0.717) is 28.0 Å². The molecule has 4 rings (SSSR count). The number of alkyl halides is 2. The number of rotatable bonds is 3. The van der Waals surface area contributed by atoms with Crippen molar-refractivity contribution >= 4 is 27.5 Å². The first kappa shape index (κ1) is 15.9. The highest BCUT2D eigenvalue weighted by molar-refractivity contribution is 9.10. The number of aryl methyl sites for hydroxylation is 1. The van der Waals surface area contributed by atoms with Gasteiger partial charge >= 0.3 is 6.43 Å². The van der Waals surface area contributed by atoms with E-state index in [0.717, 1.165) is 5.56 Å². The number of nitrogens with zero attached hydrogens (tertiary/aromatic N) is 5. The number of benzene rings is 1. The first-order chi connectivity index (χ1) is 11.9. The van der Waals surface area contributed by atoms with Crippen molar-refractivity contribution in [1.82, 2.24) is 20.0 Å². The first-order valence-electron chi connectivity index (χ1n) is 7.20. The number of hydrogen-bond acceptors (Lipinski definition) is 5. The molecule has 0 aliphatic carbocycles. The fourth-order valence-corrected chi connectivity index (χ4v) is 3.26. The second-order valence-electron chi connectivity index (χ2n) is 5.49. The van der Waals surface area contributed by atoms with Gasteiger partial charge < -0.3 is 4.42 Å². The summed E-state index contributed by atoms with van der Waals surface area (Å²) in [5.41, 5.74) is 2.35. The molecule has 0 N–H and O–H groups in total. The molecule has 0 atom stereocenters. The number of anilines is 1. The van der Waals surface area contributed by atoms with Crippen molar-refractivity contribution in [2.24, 2.45) is 7.05 Å². The molecular weight excluding hydrogens is 400 g/mol. The number of carbonyl (C=O) groups is 1. The molecular formula is C15H10BrF2N5O2. The summed E-state index contributed by atoms with van der Waals surface area (Å²) in [7, 11) is 1.76. The average Bonchev–Trinajstić information content (AvgIpc) is 3.25. The van der Waals surface area contributed by atoms with E-state index in [2.05, 4.69) is 31.2 Å². The number of carbonyl (C=O) groups excluding carboxylic acids is 1. The van der Waals surface area contributed by atoms with Gasteiger partial charge in [-0.15, -0.1) is 10.2 Å². The minimum atomic E-state index is -2.84. The third kappa shape index (κ3) is 2.62. The molecule has 1 aromatic carbocycles. The fourth-order valence-electron chi connectivity index (χ4n) is 2.70. The number of hydrogen-bond donors (Lipinski definition) is 0. The van der Waals surface area contributed by atoms with Crippen LogP contribution in [-0.4, -0.2) is 25.9 Å². The second-order valence-corrected chi connectivity index (χ2v) is 6.24. The molecule has 0 radical (unpaired) electrons. The highest BCUT2D eigenvalue weighted by atomic mass is 79.9. The van der Waals surface area contributed by atoms with Gasteiger partial charge in [-0.25, -0.2) is 0 Å². The third-order valence-electron chi connectivity index (χ3n) is 3.84.